The normalized spacial score (nSPS) is 11.6. The third kappa shape index (κ3) is 4.07. The largest absolute Gasteiger partial charge is 0.440 e. The zero-order chi connectivity index (χ0) is 21.3. The molecular weight excluding hydrogens is 394 g/mol. The highest BCUT2D eigenvalue weighted by atomic mass is 32.2. The third-order valence-corrected chi connectivity index (χ3v) is 6.26. The average molecular weight is 418 g/mol. The molecule has 0 aliphatic heterocycles. The Balaban J connectivity index is 1.85. The Kier molecular flexibility index (Phi) is 5.31. The standard InChI is InChI=1S/C25H23NO3S/c1-17-8-7-9-18(2)23(17)25-24(20-12-14-21(15-13-20)30(3,27)28)26-22(29-25)16-19-10-5-4-6-11-19/h4-15H,16H2,1-3H3. The third-order valence-electron chi connectivity index (χ3n) is 5.13. The van der Waals surface area contributed by atoms with E-state index in [2.05, 4.69) is 26.0 Å². The molecule has 0 N–H and O–H groups in total. The maximum Gasteiger partial charge on any atom is 0.199 e. The maximum absolute atomic E-state index is 11.8. The van der Waals surface area contributed by atoms with E-state index >= 15 is 0 Å². The van der Waals surface area contributed by atoms with Crippen LogP contribution >= 0.6 is 0 Å². The van der Waals surface area contributed by atoms with Crippen molar-refractivity contribution in [3.8, 4) is 22.6 Å². The van der Waals surface area contributed by atoms with Crippen LogP contribution in [-0.4, -0.2) is 19.7 Å². The first-order valence-electron chi connectivity index (χ1n) is 9.73. The van der Waals surface area contributed by atoms with Gasteiger partial charge >= 0.3 is 0 Å². The van der Waals surface area contributed by atoms with Crippen LogP contribution in [0.1, 0.15) is 22.6 Å². The molecule has 4 nitrogen and oxygen atoms in total. The van der Waals surface area contributed by atoms with Gasteiger partial charge in [0.1, 0.15) is 5.69 Å². The van der Waals surface area contributed by atoms with Crippen molar-refractivity contribution in [2.24, 2.45) is 0 Å². The summed E-state index contributed by atoms with van der Waals surface area (Å²) in [5, 5.41) is 0. The molecule has 0 spiro atoms. The van der Waals surface area contributed by atoms with E-state index in [4.69, 9.17) is 9.40 Å². The first-order valence-corrected chi connectivity index (χ1v) is 11.6. The lowest BCUT2D eigenvalue weighted by Crippen LogP contribution is -1.96. The minimum absolute atomic E-state index is 0.285. The summed E-state index contributed by atoms with van der Waals surface area (Å²) >= 11 is 0. The number of hydrogen-bond donors (Lipinski definition) is 0. The van der Waals surface area contributed by atoms with E-state index in [1.807, 2.05) is 36.4 Å². The fourth-order valence-corrected chi connectivity index (χ4v) is 4.24. The van der Waals surface area contributed by atoms with Crippen molar-refractivity contribution in [1.82, 2.24) is 4.98 Å². The maximum atomic E-state index is 11.8. The number of hydrogen-bond acceptors (Lipinski definition) is 4. The molecule has 1 aromatic heterocycles. The van der Waals surface area contributed by atoms with E-state index in [0.29, 0.717) is 18.1 Å². The number of benzene rings is 3. The molecule has 3 aromatic carbocycles. The SMILES string of the molecule is Cc1cccc(C)c1-c1oc(Cc2ccccc2)nc1-c1ccc(S(C)(=O)=O)cc1. The molecular formula is C25H23NO3S. The van der Waals surface area contributed by atoms with Crippen molar-refractivity contribution in [2.45, 2.75) is 25.2 Å². The Hall–Kier alpha value is -3.18. The number of nitrogens with zero attached hydrogens (tertiary/aromatic N) is 1. The van der Waals surface area contributed by atoms with E-state index in [-0.39, 0.29) is 4.90 Å². The second kappa shape index (κ2) is 7.92. The van der Waals surface area contributed by atoms with Crippen molar-refractivity contribution in [1.29, 1.82) is 0 Å². The molecule has 4 rings (SSSR count). The number of aromatic nitrogens is 1. The van der Waals surface area contributed by atoms with Crippen LogP contribution in [0.5, 0.6) is 0 Å². The first kappa shape index (κ1) is 20.1. The van der Waals surface area contributed by atoms with E-state index in [1.165, 1.54) is 6.26 Å². The molecule has 0 radical (unpaired) electrons. The lowest BCUT2D eigenvalue weighted by molar-refractivity contribution is 0.519. The van der Waals surface area contributed by atoms with E-state index < -0.39 is 9.84 Å². The number of rotatable bonds is 5. The van der Waals surface area contributed by atoms with Crippen LogP contribution in [-0.2, 0) is 16.3 Å². The van der Waals surface area contributed by atoms with Gasteiger partial charge in [-0.3, -0.25) is 0 Å². The van der Waals surface area contributed by atoms with E-state index in [0.717, 1.165) is 33.5 Å². The molecule has 0 aliphatic carbocycles. The van der Waals surface area contributed by atoms with Crippen molar-refractivity contribution in [3.05, 3.63) is 95.4 Å². The monoisotopic (exact) mass is 417 g/mol. The van der Waals surface area contributed by atoms with Gasteiger partial charge in [0.05, 0.1) is 4.90 Å². The van der Waals surface area contributed by atoms with Gasteiger partial charge in [-0.25, -0.2) is 13.4 Å². The number of oxazole rings is 1. The van der Waals surface area contributed by atoms with Gasteiger partial charge in [0.25, 0.3) is 0 Å². The van der Waals surface area contributed by atoms with Crippen molar-refractivity contribution in [3.63, 3.8) is 0 Å². The molecule has 0 saturated carbocycles. The van der Waals surface area contributed by atoms with Gasteiger partial charge in [-0.1, -0.05) is 60.7 Å². The highest BCUT2D eigenvalue weighted by molar-refractivity contribution is 7.90. The summed E-state index contributed by atoms with van der Waals surface area (Å²) in [5.74, 6) is 1.34. The Labute approximate surface area is 177 Å². The van der Waals surface area contributed by atoms with Gasteiger partial charge in [0, 0.05) is 23.8 Å². The van der Waals surface area contributed by atoms with Crippen LogP contribution in [0.2, 0.25) is 0 Å². The summed E-state index contributed by atoms with van der Waals surface area (Å²) in [6.07, 6.45) is 1.79. The Morgan fingerprint density at radius 1 is 0.833 bits per heavy atom. The van der Waals surface area contributed by atoms with E-state index in [9.17, 15) is 8.42 Å². The summed E-state index contributed by atoms with van der Waals surface area (Å²) in [6.45, 7) is 4.11. The smallest absolute Gasteiger partial charge is 0.199 e. The minimum atomic E-state index is -3.26. The summed E-state index contributed by atoms with van der Waals surface area (Å²) in [5.41, 5.74) is 5.89. The Morgan fingerprint density at radius 2 is 1.47 bits per heavy atom. The van der Waals surface area contributed by atoms with Crippen LogP contribution < -0.4 is 0 Å². The van der Waals surface area contributed by atoms with Crippen molar-refractivity contribution in [2.75, 3.05) is 6.26 Å². The molecule has 0 amide bonds. The second-order valence-corrected chi connectivity index (χ2v) is 9.53. The molecule has 152 valence electrons. The van der Waals surface area contributed by atoms with Crippen LogP contribution in [0.25, 0.3) is 22.6 Å². The predicted octanol–water partition coefficient (Wildman–Crippen LogP) is 5.62. The van der Waals surface area contributed by atoms with Gasteiger partial charge in [-0.2, -0.15) is 0 Å². The van der Waals surface area contributed by atoms with Crippen LogP contribution in [0.15, 0.2) is 82.1 Å². The van der Waals surface area contributed by atoms with Crippen LogP contribution in [0.4, 0.5) is 0 Å². The molecule has 0 unspecified atom stereocenters. The highest BCUT2D eigenvalue weighted by Crippen LogP contribution is 2.37. The van der Waals surface area contributed by atoms with Crippen LogP contribution in [0.3, 0.4) is 0 Å². The van der Waals surface area contributed by atoms with Crippen molar-refractivity contribution < 1.29 is 12.8 Å². The second-order valence-electron chi connectivity index (χ2n) is 7.51. The summed E-state index contributed by atoms with van der Waals surface area (Å²) in [6, 6.07) is 23.0. The average Bonchev–Trinajstić information content (AvgIpc) is 3.11. The highest BCUT2D eigenvalue weighted by Gasteiger charge is 2.20. The molecule has 4 aromatic rings. The lowest BCUT2D eigenvalue weighted by atomic mass is 9.98. The molecule has 1 heterocycles. The first-order chi connectivity index (χ1) is 14.3. The van der Waals surface area contributed by atoms with Crippen molar-refractivity contribution >= 4 is 9.84 Å². The summed E-state index contributed by atoms with van der Waals surface area (Å²) < 4.78 is 30.0. The van der Waals surface area contributed by atoms with Gasteiger partial charge in [-0.15, -0.1) is 0 Å². The molecule has 0 saturated heterocycles. The van der Waals surface area contributed by atoms with Gasteiger partial charge in [0.2, 0.25) is 0 Å². The summed E-state index contributed by atoms with van der Waals surface area (Å²) in [4.78, 5) is 5.10. The Morgan fingerprint density at radius 3 is 2.07 bits per heavy atom. The zero-order valence-corrected chi connectivity index (χ0v) is 18.0. The molecule has 30 heavy (non-hydrogen) atoms. The fraction of sp³-hybridized carbons (Fsp3) is 0.160. The van der Waals surface area contributed by atoms with Gasteiger partial charge in [0.15, 0.2) is 21.5 Å². The number of aryl methyl sites for hydroxylation is 2. The van der Waals surface area contributed by atoms with E-state index in [1.54, 1.807) is 24.3 Å². The zero-order valence-electron chi connectivity index (χ0n) is 17.2. The summed E-state index contributed by atoms with van der Waals surface area (Å²) in [7, 11) is -3.26. The molecule has 0 fully saturated rings. The topological polar surface area (TPSA) is 60.2 Å². The molecule has 5 heteroatoms. The fourth-order valence-electron chi connectivity index (χ4n) is 3.61. The number of sulfone groups is 1. The van der Waals surface area contributed by atoms with Crippen LogP contribution in [0, 0.1) is 13.8 Å². The molecule has 0 aliphatic rings. The quantitative estimate of drug-likeness (QED) is 0.423. The molecule has 0 atom stereocenters. The van der Waals surface area contributed by atoms with Gasteiger partial charge in [-0.05, 0) is 42.7 Å². The molecule has 0 bridgehead atoms. The lowest BCUT2D eigenvalue weighted by Gasteiger charge is -2.09. The Bertz CT molecular complexity index is 1270. The van der Waals surface area contributed by atoms with Gasteiger partial charge < -0.3 is 4.42 Å². The predicted molar refractivity (Wildman–Crippen MR) is 119 cm³/mol. The minimum Gasteiger partial charge on any atom is -0.440 e.